The zero-order chi connectivity index (χ0) is 16.5. The number of amides is 1. The van der Waals surface area contributed by atoms with E-state index in [1.54, 1.807) is 18.4 Å². The molecule has 2 rings (SSSR count). The van der Waals surface area contributed by atoms with Gasteiger partial charge in [-0.25, -0.2) is 8.42 Å². The van der Waals surface area contributed by atoms with Gasteiger partial charge in [0.2, 0.25) is 5.91 Å². The van der Waals surface area contributed by atoms with Crippen LogP contribution in [-0.2, 0) is 19.6 Å². The molecule has 1 aliphatic rings. The molecule has 0 bridgehead atoms. The molecule has 0 saturated carbocycles. The molecule has 0 radical (unpaired) electrons. The van der Waals surface area contributed by atoms with E-state index in [9.17, 15) is 18.0 Å². The number of hydrogen-bond donors (Lipinski definition) is 2. The first-order valence-corrected chi connectivity index (χ1v) is 9.19. The normalized spacial score (nSPS) is 23.5. The van der Waals surface area contributed by atoms with Crippen LogP contribution < -0.4 is 4.72 Å². The maximum absolute atomic E-state index is 12.4. The molecule has 0 aliphatic carbocycles. The van der Waals surface area contributed by atoms with E-state index in [1.165, 1.54) is 17.9 Å². The Morgan fingerprint density at radius 1 is 1.50 bits per heavy atom. The second kappa shape index (κ2) is 6.35. The van der Waals surface area contributed by atoms with E-state index < -0.39 is 39.9 Å². The summed E-state index contributed by atoms with van der Waals surface area (Å²) in [6.45, 7) is 3.46. The molecule has 22 heavy (non-hydrogen) atoms. The molecule has 1 amide bonds. The van der Waals surface area contributed by atoms with Gasteiger partial charge in [-0.15, -0.1) is 11.3 Å². The van der Waals surface area contributed by atoms with E-state index in [0.717, 1.165) is 11.3 Å². The first kappa shape index (κ1) is 16.9. The Balaban J connectivity index is 2.06. The molecular weight excluding hydrogens is 328 g/mol. The van der Waals surface area contributed by atoms with Gasteiger partial charge in [-0.1, -0.05) is 6.07 Å². The standard InChI is InChI=1S/C13H18N2O5S2/c1-8(14-22(19,20)11-4-3-7-21-11)12(16)15-6-5-10(9(15)2)13(17)18/h3-4,7-10,14H,5-6H2,1-2H3,(H,17,18). The number of aliphatic carboxylic acids is 1. The predicted molar refractivity (Wildman–Crippen MR) is 81.0 cm³/mol. The molecule has 0 spiro atoms. The van der Waals surface area contributed by atoms with Crippen LogP contribution in [0.1, 0.15) is 20.3 Å². The van der Waals surface area contributed by atoms with Gasteiger partial charge in [-0.05, 0) is 31.7 Å². The Kier molecular flexibility index (Phi) is 4.88. The predicted octanol–water partition coefficient (Wildman–Crippen LogP) is 0.737. The van der Waals surface area contributed by atoms with Gasteiger partial charge in [-0.3, -0.25) is 9.59 Å². The summed E-state index contributed by atoms with van der Waals surface area (Å²) >= 11 is 1.07. The Morgan fingerprint density at radius 3 is 2.68 bits per heavy atom. The third-order valence-electron chi connectivity index (χ3n) is 3.82. The van der Waals surface area contributed by atoms with E-state index in [-0.39, 0.29) is 4.21 Å². The van der Waals surface area contributed by atoms with Crippen LogP contribution in [-0.4, -0.2) is 48.9 Å². The fourth-order valence-corrected chi connectivity index (χ4v) is 4.79. The first-order chi connectivity index (χ1) is 10.2. The highest BCUT2D eigenvalue weighted by molar-refractivity contribution is 7.91. The topological polar surface area (TPSA) is 104 Å². The van der Waals surface area contributed by atoms with E-state index in [0.29, 0.717) is 13.0 Å². The summed E-state index contributed by atoms with van der Waals surface area (Å²) < 4.78 is 26.7. The van der Waals surface area contributed by atoms with E-state index in [2.05, 4.69) is 4.72 Å². The van der Waals surface area contributed by atoms with Gasteiger partial charge in [0.25, 0.3) is 10.0 Å². The average Bonchev–Trinajstić information content (AvgIpc) is 3.06. The van der Waals surface area contributed by atoms with Gasteiger partial charge >= 0.3 is 5.97 Å². The van der Waals surface area contributed by atoms with Gasteiger partial charge in [-0.2, -0.15) is 4.72 Å². The number of carbonyl (C=O) groups is 2. The molecule has 3 atom stereocenters. The zero-order valence-electron chi connectivity index (χ0n) is 12.2. The fraction of sp³-hybridized carbons (Fsp3) is 0.538. The lowest BCUT2D eigenvalue weighted by Crippen LogP contribution is -2.48. The second-order valence-corrected chi connectivity index (χ2v) is 8.17. The SMILES string of the molecule is CC(NS(=O)(=O)c1cccs1)C(=O)N1CCC(C(=O)O)C1C. The molecule has 2 N–H and O–H groups in total. The monoisotopic (exact) mass is 346 g/mol. The van der Waals surface area contributed by atoms with Gasteiger partial charge in [0.1, 0.15) is 4.21 Å². The smallest absolute Gasteiger partial charge is 0.308 e. The Hall–Kier alpha value is -1.45. The maximum Gasteiger partial charge on any atom is 0.308 e. The largest absolute Gasteiger partial charge is 0.481 e. The molecule has 1 fully saturated rings. The molecule has 1 aliphatic heterocycles. The quantitative estimate of drug-likeness (QED) is 0.818. The van der Waals surface area contributed by atoms with Crippen molar-refractivity contribution >= 4 is 33.2 Å². The summed E-state index contributed by atoms with van der Waals surface area (Å²) in [6, 6.07) is 1.69. The van der Waals surface area contributed by atoms with Crippen LogP contribution in [0.2, 0.25) is 0 Å². The minimum Gasteiger partial charge on any atom is -0.481 e. The molecule has 9 heteroatoms. The number of nitrogens with one attached hydrogen (secondary N) is 1. The van der Waals surface area contributed by atoms with Gasteiger partial charge in [0.05, 0.1) is 12.0 Å². The zero-order valence-corrected chi connectivity index (χ0v) is 13.9. The Labute approximate surface area is 133 Å². The van der Waals surface area contributed by atoms with E-state index in [4.69, 9.17) is 5.11 Å². The number of sulfonamides is 1. The maximum atomic E-state index is 12.4. The molecule has 1 saturated heterocycles. The number of carboxylic acid groups (broad SMARTS) is 1. The van der Waals surface area contributed by atoms with Crippen LogP contribution in [0.25, 0.3) is 0 Å². The highest BCUT2D eigenvalue weighted by Gasteiger charge is 2.40. The number of nitrogens with zero attached hydrogens (tertiary/aromatic N) is 1. The average molecular weight is 346 g/mol. The molecule has 1 aromatic rings. The molecular formula is C13H18N2O5S2. The molecule has 0 aromatic carbocycles. The molecule has 122 valence electrons. The van der Waals surface area contributed by atoms with Crippen LogP contribution in [0.3, 0.4) is 0 Å². The minimum absolute atomic E-state index is 0.144. The number of hydrogen-bond acceptors (Lipinski definition) is 5. The lowest BCUT2D eigenvalue weighted by molar-refractivity contribution is -0.143. The Bertz CT molecular complexity index is 656. The lowest BCUT2D eigenvalue weighted by Gasteiger charge is -2.26. The molecule has 2 heterocycles. The number of rotatable bonds is 5. The van der Waals surface area contributed by atoms with Crippen LogP contribution >= 0.6 is 11.3 Å². The summed E-state index contributed by atoms with van der Waals surface area (Å²) in [7, 11) is -3.73. The third kappa shape index (κ3) is 3.31. The van der Waals surface area contributed by atoms with Crippen LogP contribution in [0.4, 0.5) is 0 Å². The van der Waals surface area contributed by atoms with E-state index in [1.807, 2.05) is 0 Å². The number of thiophene rings is 1. The summed E-state index contributed by atoms with van der Waals surface area (Å²) in [6.07, 6.45) is 0.382. The van der Waals surface area contributed by atoms with Crippen LogP contribution in [0, 0.1) is 5.92 Å². The lowest BCUT2D eigenvalue weighted by atomic mass is 10.0. The van der Waals surface area contributed by atoms with Crippen molar-refractivity contribution in [3.8, 4) is 0 Å². The number of likely N-dealkylation sites (tertiary alicyclic amines) is 1. The highest BCUT2D eigenvalue weighted by Crippen LogP contribution is 2.25. The van der Waals surface area contributed by atoms with Gasteiger partial charge in [0, 0.05) is 12.6 Å². The summed E-state index contributed by atoms with van der Waals surface area (Å²) in [4.78, 5) is 24.9. The summed E-state index contributed by atoms with van der Waals surface area (Å²) in [5.41, 5.74) is 0. The number of carbonyl (C=O) groups excluding carboxylic acids is 1. The first-order valence-electron chi connectivity index (χ1n) is 6.83. The van der Waals surface area contributed by atoms with Crippen molar-refractivity contribution in [3.05, 3.63) is 17.5 Å². The molecule has 7 nitrogen and oxygen atoms in total. The van der Waals surface area contributed by atoms with E-state index >= 15 is 0 Å². The van der Waals surface area contributed by atoms with Crippen LogP contribution in [0.5, 0.6) is 0 Å². The van der Waals surface area contributed by atoms with Gasteiger partial charge in [0.15, 0.2) is 0 Å². The second-order valence-electron chi connectivity index (χ2n) is 5.28. The van der Waals surface area contributed by atoms with Crippen molar-refractivity contribution in [2.75, 3.05) is 6.54 Å². The molecule has 1 aromatic heterocycles. The highest BCUT2D eigenvalue weighted by atomic mass is 32.2. The van der Waals surface area contributed by atoms with Crippen molar-refractivity contribution in [1.29, 1.82) is 0 Å². The summed E-state index contributed by atoms with van der Waals surface area (Å²) in [5.74, 6) is -1.95. The van der Waals surface area contributed by atoms with Crippen LogP contribution in [0.15, 0.2) is 21.7 Å². The minimum atomic E-state index is -3.73. The van der Waals surface area contributed by atoms with Gasteiger partial charge < -0.3 is 10.0 Å². The van der Waals surface area contributed by atoms with Crippen molar-refractivity contribution < 1.29 is 23.1 Å². The van der Waals surface area contributed by atoms with Crippen molar-refractivity contribution in [1.82, 2.24) is 9.62 Å². The third-order valence-corrected chi connectivity index (χ3v) is 6.76. The van der Waals surface area contributed by atoms with Crippen molar-refractivity contribution in [2.45, 2.75) is 36.6 Å². The van der Waals surface area contributed by atoms with Crippen molar-refractivity contribution in [3.63, 3.8) is 0 Å². The molecule has 3 unspecified atom stereocenters. The Morgan fingerprint density at radius 2 is 2.18 bits per heavy atom. The fourth-order valence-electron chi connectivity index (χ4n) is 2.59. The number of carboxylic acids is 1. The summed E-state index contributed by atoms with van der Waals surface area (Å²) in [5, 5.41) is 10.7. The van der Waals surface area contributed by atoms with Crippen molar-refractivity contribution in [2.24, 2.45) is 5.92 Å².